The molecule has 30 heavy (non-hydrogen) atoms. The molecule has 0 saturated heterocycles. The first-order chi connectivity index (χ1) is 14.1. The molecule has 2 heterocycles. The Morgan fingerprint density at radius 3 is 2.70 bits per heavy atom. The molecule has 1 unspecified atom stereocenters. The zero-order valence-corrected chi connectivity index (χ0v) is 20.0. The van der Waals surface area contributed by atoms with E-state index in [2.05, 4.69) is 25.7 Å². The van der Waals surface area contributed by atoms with Crippen molar-refractivity contribution in [2.45, 2.75) is 26.5 Å². The number of benzene rings is 1. The van der Waals surface area contributed by atoms with Crippen LogP contribution in [0, 0.1) is 0 Å². The predicted octanol–water partition coefficient (Wildman–Crippen LogP) is 4.06. The lowest BCUT2D eigenvalue weighted by atomic mass is 10.2. The highest BCUT2D eigenvalue weighted by Crippen LogP contribution is 2.16. The number of nitrogens with one attached hydrogen (secondary N) is 2. The first-order valence-electron chi connectivity index (χ1n) is 9.53. The fourth-order valence-electron chi connectivity index (χ4n) is 2.63. The van der Waals surface area contributed by atoms with Crippen molar-refractivity contribution in [1.29, 1.82) is 0 Å². The minimum Gasteiger partial charge on any atom is -0.489 e. The van der Waals surface area contributed by atoms with Gasteiger partial charge in [-0.05, 0) is 61.9 Å². The molecule has 0 fully saturated rings. The monoisotopic (exact) mass is 540 g/mol. The number of guanidine groups is 1. The van der Waals surface area contributed by atoms with E-state index < -0.39 is 0 Å². The average molecular weight is 541 g/mol. The third-order valence-corrected chi connectivity index (χ3v) is 4.27. The molecule has 160 valence electrons. The number of pyridine rings is 1. The highest BCUT2D eigenvalue weighted by molar-refractivity contribution is 14.0. The number of rotatable bonds is 8. The summed E-state index contributed by atoms with van der Waals surface area (Å²) in [6, 6.07) is 13.1. The molecule has 9 heteroatoms. The molecule has 1 atom stereocenters. The number of hydrogen-bond donors (Lipinski definition) is 2. The molecular weight excluding hydrogens is 515 g/mol. The summed E-state index contributed by atoms with van der Waals surface area (Å²) < 4.78 is 7.62. The quantitative estimate of drug-likeness (QED) is 0.256. The van der Waals surface area contributed by atoms with E-state index >= 15 is 0 Å². The number of aliphatic imine (C=N–C) groups is 1. The Kier molecular flexibility index (Phi) is 9.88. The van der Waals surface area contributed by atoms with Crippen LogP contribution in [0.15, 0.2) is 66.0 Å². The van der Waals surface area contributed by atoms with Crippen molar-refractivity contribution in [2.24, 2.45) is 4.99 Å². The molecule has 7 nitrogen and oxygen atoms in total. The number of nitrogens with zero attached hydrogens (tertiary/aromatic N) is 4. The van der Waals surface area contributed by atoms with Gasteiger partial charge in [0.2, 0.25) is 0 Å². The minimum absolute atomic E-state index is 0. The smallest absolute Gasteiger partial charge is 0.191 e. The van der Waals surface area contributed by atoms with Gasteiger partial charge in [-0.3, -0.25) is 0 Å². The molecule has 3 aromatic rings. The van der Waals surface area contributed by atoms with Crippen molar-refractivity contribution in [2.75, 3.05) is 13.1 Å². The molecule has 2 N–H and O–H groups in total. The first-order valence-corrected chi connectivity index (χ1v) is 9.91. The van der Waals surface area contributed by atoms with E-state index in [1.807, 2.05) is 62.5 Å². The van der Waals surface area contributed by atoms with Gasteiger partial charge >= 0.3 is 0 Å². The van der Waals surface area contributed by atoms with Gasteiger partial charge in [0.05, 0.1) is 13.1 Å². The third kappa shape index (κ3) is 7.49. The van der Waals surface area contributed by atoms with Crippen molar-refractivity contribution >= 4 is 41.5 Å². The van der Waals surface area contributed by atoms with Gasteiger partial charge < -0.3 is 15.4 Å². The van der Waals surface area contributed by atoms with Crippen molar-refractivity contribution in [3.05, 3.63) is 71.6 Å². The molecule has 0 spiro atoms. The van der Waals surface area contributed by atoms with Gasteiger partial charge in [0.1, 0.15) is 11.9 Å². The fraction of sp³-hybridized carbons (Fsp3) is 0.286. The summed E-state index contributed by atoms with van der Waals surface area (Å²) in [5.41, 5.74) is 1.05. The zero-order valence-electron chi connectivity index (χ0n) is 17.0. The lowest BCUT2D eigenvalue weighted by Crippen LogP contribution is -2.41. The summed E-state index contributed by atoms with van der Waals surface area (Å²) in [4.78, 5) is 9.01. The van der Waals surface area contributed by atoms with E-state index in [1.54, 1.807) is 17.1 Å². The molecule has 1 aromatic carbocycles. The summed E-state index contributed by atoms with van der Waals surface area (Å²) in [5.74, 6) is 2.29. The molecule has 0 bridgehead atoms. The maximum absolute atomic E-state index is 5.91. The Bertz CT molecular complexity index is 918. The second kappa shape index (κ2) is 12.4. The van der Waals surface area contributed by atoms with Crippen molar-refractivity contribution in [3.63, 3.8) is 0 Å². The largest absolute Gasteiger partial charge is 0.489 e. The van der Waals surface area contributed by atoms with Crippen molar-refractivity contribution < 1.29 is 4.74 Å². The summed E-state index contributed by atoms with van der Waals surface area (Å²) in [6.45, 7) is 5.95. The molecule has 0 amide bonds. The van der Waals surface area contributed by atoms with Crippen LogP contribution in [0.3, 0.4) is 0 Å². The Morgan fingerprint density at radius 1 is 1.20 bits per heavy atom. The fourth-order valence-corrected chi connectivity index (χ4v) is 2.75. The van der Waals surface area contributed by atoms with Gasteiger partial charge in [0, 0.05) is 30.2 Å². The van der Waals surface area contributed by atoms with Gasteiger partial charge in [0.15, 0.2) is 11.8 Å². The van der Waals surface area contributed by atoms with Crippen LogP contribution in [0.25, 0.3) is 5.82 Å². The Hall–Kier alpha value is -2.33. The first kappa shape index (κ1) is 23.9. The van der Waals surface area contributed by atoms with Crippen LogP contribution in [0.5, 0.6) is 5.75 Å². The minimum atomic E-state index is -0.0348. The molecule has 0 aliphatic carbocycles. The van der Waals surface area contributed by atoms with E-state index in [0.717, 1.165) is 29.6 Å². The van der Waals surface area contributed by atoms with Gasteiger partial charge in [-0.15, -0.1) is 24.0 Å². The van der Waals surface area contributed by atoms with Crippen molar-refractivity contribution in [1.82, 2.24) is 25.4 Å². The van der Waals surface area contributed by atoms with Crippen LogP contribution >= 0.6 is 35.6 Å². The molecule has 0 radical (unpaired) electrons. The molecule has 0 aliphatic heterocycles. The maximum atomic E-state index is 5.91. The lowest BCUT2D eigenvalue weighted by Gasteiger charge is -2.17. The average Bonchev–Trinajstić information content (AvgIpc) is 3.27. The van der Waals surface area contributed by atoms with Gasteiger partial charge in [0.25, 0.3) is 0 Å². The number of aromatic nitrogens is 3. The van der Waals surface area contributed by atoms with E-state index in [0.29, 0.717) is 18.1 Å². The summed E-state index contributed by atoms with van der Waals surface area (Å²) in [5, 5.41) is 11.5. The molecular formula is C21H26ClIN6O. The van der Waals surface area contributed by atoms with E-state index in [9.17, 15) is 0 Å². The Labute approximate surface area is 198 Å². The Balaban J connectivity index is 0.00000320. The second-order valence-electron chi connectivity index (χ2n) is 6.43. The normalized spacial score (nSPS) is 12.0. The maximum Gasteiger partial charge on any atom is 0.191 e. The molecule has 0 saturated carbocycles. The molecule has 0 aliphatic rings. The molecule has 3 rings (SSSR count). The zero-order chi connectivity index (χ0) is 20.5. The van der Waals surface area contributed by atoms with Crippen LogP contribution in [-0.4, -0.2) is 39.9 Å². The van der Waals surface area contributed by atoms with Crippen LogP contribution < -0.4 is 15.4 Å². The lowest BCUT2D eigenvalue weighted by molar-refractivity contribution is 0.224. The highest BCUT2D eigenvalue weighted by Gasteiger charge is 2.06. The van der Waals surface area contributed by atoms with Crippen molar-refractivity contribution in [3.8, 4) is 11.6 Å². The van der Waals surface area contributed by atoms with Gasteiger partial charge in [-0.1, -0.05) is 11.6 Å². The summed E-state index contributed by atoms with van der Waals surface area (Å²) in [7, 11) is 0. The van der Waals surface area contributed by atoms with Gasteiger partial charge in [-0.2, -0.15) is 5.10 Å². The topological polar surface area (TPSA) is 76.4 Å². The second-order valence-corrected chi connectivity index (χ2v) is 6.87. The van der Waals surface area contributed by atoms with E-state index in [-0.39, 0.29) is 30.1 Å². The van der Waals surface area contributed by atoms with Crippen LogP contribution in [0.2, 0.25) is 5.02 Å². The summed E-state index contributed by atoms with van der Waals surface area (Å²) >= 11 is 5.91. The SMILES string of the molecule is CCNC(=NCc1ccnc(-n2cccn2)c1)NCC(C)Oc1ccc(Cl)cc1.I. The van der Waals surface area contributed by atoms with Crippen LogP contribution in [0.1, 0.15) is 19.4 Å². The predicted molar refractivity (Wildman–Crippen MR) is 131 cm³/mol. The van der Waals surface area contributed by atoms with Gasteiger partial charge in [-0.25, -0.2) is 14.7 Å². The Morgan fingerprint density at radius 2 is 2.00 bits per heavy atom. The standard InChI is InChI=1S/C21H25ClN6O.HI/c1-3-23-21(25-14-16(2)29-19-7-5-18(22)6-8-19)26-15-17-9-11-24-20(13-17)28-12-4-10-27-28;/h4-13,16H,3,14-15H2,1-2H3,(H2,23,25,26);1H. The third-order valence-electron chi connectivity index (χ3n) is 4.02. The number of halogens is 2. The summed E-state index contributed by atoms with van der Waals surface area (Å²) in [6.07, 6.45) is 5.33. The van der Waals surface area contributed by atoms with Crippen LogP contribution in [0.4, 0.5) is 0 Å². The highest BCUT2D eigenvalue weighted by atomic mass is 127. The molecule has 2 aromatic heterocycles. The number of ether oxygens (including phenoxy) is 1. The van der Waals surface area contributed by atoms with E-state index in [4.69, 9.17) is 16.3 Å². The van der Waals surface area contributed by atoms with Crippen LogP contribution in [-0.2, 0) is 6.54 Å². The van der Waals surface area contributed by atoms with E-state index in [1.165, 1.54) is 0 Å². The number of hydrogen-bond acceptors (Lipinski definition) is 4.